The normalized spacial score (nSPS) is 12.7. The van der Waals surface area contributed by atoms with E-state index in [-0.39, 0.29) is 0 Å². The first-order chi connectivity index (χ1) is 9.74. The molecular weight excluding hydrogens is 250 g/mol. The molecule has 4 nitrogen and oxygen atoms in total. The molecule has 1 heterocycles. The number of rotatable bonds is 10. The standard InChI is InChI=1S/C16H29N3O/c1-5-15(17-6-2)16-10-9-14(13-18-16)20-12-11-19(7-3)8-4/h9-10,13,15,17H,5-8,11-12H2,1-4H3. The molecule has 0 fully saturated rings. The van der Waals surface area contributed by atoms with Crippen molar-refractivity contribution in [2.24, 2.45) is 0 Å². The zero-order chi connectivity index (χ0) is 14.8. The molecule has 0 aliphatic rings. The van der Waals surface area contributed by atoms with E-state index in [2.05, 4.69) is 49.0 Å². The van der Waals surface area contributed by atoms with Gasteiger partial charge in [-0.25, -0.2) is 0 Å². The second-order valence-corrected chi connectivity index (χ2v) is 4.81. The van der Waals surface area contributed by atoms with E-state index in [0.29, 0.717) is 12.6 Å². The van der Waals surface area contributed by atoms with Gasteiger partial charge >= 0.3 is 0 Å². The maximum Gasteiger partial charge on any atom is 0.137 e. The Morgan fingerprint density at radius 1 is 1.20 bits per heavy atom. The van der Waals surface area contributed by atoms with Crippen LogP contribution >= 0.6 is 0 Å². The minimum absolute atomic E-state index is 0.338. The van der Waals surface area contributed by atoms with Gasteiger partial charge in [-0.15, -0.1) is 0 Å². The van der Waals surface area contributed by atoms with E-state index in [0.717, 1.165) is 44.0 Å². The molecule has 1 unspecified atom stereocenters. The van der Waals surface area contributed by atoms with Crippen molar-refractivity contribution in [1.29, 1.82) is 0 Å². The molecule has 1 N–H and O–H groups in total. The maximum absolute atomic E-state index is 5.74. The number of ether oxygens (including phenoxy) is 1. The van der Waals surface area contributed by atoms with Crippen molar-refractivity contribution in [3.63, 3.8) is 0 Å². The quantitative estimate of drug-likeness (QED) is 0.714. The van der Waals surface area contributed by atoms with Crippen molar-refractivity contribution in [2.45, 2.75) is 40.2 Å². The zero-order valence-corrected chi connectivity index (χ0v) is 13.4. The summed E-state index contributed by atoms with van der Waals surface area (Å²) in [5, 5.41) is 3.43. The van der Waals surface area contributed by atoms with Crippen molar-refractivity contribution in [2.75, 3.05) is 32.8 Å². The summed E-state index contributed by atoms with van der Waals surface area (Å²) >= 11 is 0. The lowest BCUT2D eigenvalue weighted by Gasteiger charge is -2.18. The Hall–Kier alpha value is -1.13. The molecule has 0 aliphatic carbocycles. The summed E-state index contributed by atoms with van der Waals surface area (Å²) < 4.78 is 5.74. The van der Waals surface area contributed by atoms with Gasteiger partial charge in [-0.05, 0) is 38.2 Å². The summed E-state index contributed by atoms with van der Waals surface area (Å²) in [7, 11) is 0. The van der Waals surface area contributed by atoms with Crippen LogP contribution in [0.4, 0.5) is 0 Å². The van der Waals surface area contributed by atoms with Crippen LogP contribution in [0.5, 0.6) is 5.75 Å². The molecule has 0 aromatic carbocycles. The Bertz CT molecular complexity index is 349. The Kier molecular flexibility index (Phi) is 8.23. The molecule has 4 heteroatoms. The van der Waals surface area contributed by atoms with Gasteiger partial charge in [0.25, 0.3) is 0 Å². The minimum atomic E-state index is 0.338. The summed E-state index contributed by atoms with van der Waals surface area (Å²) in [6, 6.07) is 4.42. The van der Waals surface area contributed by atoms with Crippen LogP contribution in [-0.4, -0.2) is 42.7 Å². The Morgan fingerprint density at radius 2 is 1.95 bits per heavy atom. The van der Waals surface area contributed by atoms with Crippen LogP contribution in [0.1, 0.15) is 45.9 Å². The molecule has 0 radical (unpaired) electrons. The topological polar surface area (TPSA) is 37.4 Å². The van der Waals surface area contributed by atoms with E-state index in [9.17, 15) is 0 Å². The van der Waals surface area contributed by atoms with E-state index in [1.54, 1.807) is 0 Å². The Morgan fingerprint density at radius 3 is 2.45 bits per heavy atom. The fourth-order valence-corrected chi connectivity index (χ4v) is 2.22. The van der Waals surface area contributed by atoms with Crippen molar-refractivity contribution in [3.8, 4) is 5.75 Å². The fourth-order valence-electron chi connectivity index (χ4n) is 2.22. The van der Waals surface area contributed by atoms with Gasteiger partial charge in [0, 0.05) is 12.6 Å². The summed E-state index contributed by atoms with van der Waals surface area (Å²) in [6.07, 6.45) is 2.88. The predicted molar refractivity (Wildman–Crippen MR) is 84.2 cm³/mol. The lowest BCUT2D eigenvalue weighted by Crippen LogP contribution is -2.27. The highest BCUT2D eigenvalue weighted by Gasteiger charge is 2.09. The van der Waals surface area contributed by atoms with Gasteiger partial charge in [-0.1, -0.05) is 27.7 Å². The number of hydrogen-bond acceptors (Lipinski definition) is 4. The molecular formula is C16H29N3O. The van der Waals surface area contributed by atoms with Gasteiger partial charge in [0.2, 0.25) is 0 Å². The first kappa shape index (κ1) is 16.9. The molecule has 0 spiro atoms. The Labute approximate surface area is 123 Å². The van der Waals surface area contributed by atoms with E-state index in [1.165, 1.54) is 0 Å². The highest BCUT2D eigenvalue weighted by molar-refractivity contribution is 5.21. The van der Waals surface area contributed by atoms with Crippen molar-refractivity contribution in [3.05, 3.63) is 24.0 Å². The third-order valence-electron chi connectivity index (χ3n) is 3.55. The maximum atomic E-state index is 5.74. The molecule has 114 valence electrons. The average Bonchev–Trinajstić information content (AvgIpc) is 2.50. The molecule has 20 heavy (non-hydrogen) atoms. The molecule has 1 rings (SSSR count). The van der Waals surface area contributed by atoms with Gasteiger partial charge in [-0.2, -0.15) is 0 Å². The largest absolute Gasteiger partial charge is 0.491 e. The first-order valence-corrected chi connectivity index (χ1v) is 7.79. The number of aromatic nitrogens is 1. The number of nitrogens with one attached hydrogen (secondary N) is 1. The monoisotopic (exact) mass is 279 g/mol. The van der Waals surface area contributed by atoms with Gasteiger partial charge in [-0.3, -0.25) is 4.98 Å². The lowest BCUT2D eigenvalue weighted by molar-refractivity contribution is 0.222. The van der Waals surface area contributed by atoms with Crippen molar-refractivity contribution < 1.29 is 4.74 Å². The number of likely N-dealkylation sites (N-methyl/N-ethyl adjacent to an activating group) is 1. The van der Waals surface area contributed by atoms with E-state index in [4.69, 9.17) is 4.74 Å². The molecule has 0 aliphatic heterocycles. The zero-order valence-electron chi connectivity index (χ0n) is 13.4. The highest BCUT2D eigenvalue weighted by atomic mass is 16.5. The number of nitrogens with zero attached hydrogens (tertiary/aromatic N) is 2. The molecule has 1 aromatic rings. The summed E-state index contributed by atoms with van der Waals surface area (Å²) in [4.78, 5) is 6.85. The SMILES string of the molecule is CCNC(CC)c1ccc(OCCN(CC)CC)cn1. The minimum Gasteiger partial charge on any atom is -0.491 e. The van der Waals surface area contributed by atoms with Crippen molar-refractivity contribution in [1.82, 2.24) is 15.2 Å². The van der Waals surface area contributed by atoms with E-state index in [1.807, 2.05) is 12.3 Å². The Balaban J connectivity index is 2.45. The van der Waals surface area contributed by atoms with E-state index < -0.39 is 0 Å². The summed E-state index contributed by atoms with van der Waals surface area (Å²) in [5.74, 6) is 0.854. The first-order valence-electron chi connectivity index (χ1n) is 7.79. The van der Waals surface area contributed by atoms with E-state index >= 15 is 0 Å². The van der Waals surface area contributed by atoms with Crippen LogP contribution in [0.15, 0.2) is 18.3 Å². The smallest absolute Gasteiger partial charge is 0.137 e. The van der Waals surface area contributed by atoms with Crippen LogP contribution in [0.2, 0.25) is 0 Å². The van der Waals surface area contributed by atoms with Gasteiger partial charge < -0.3 is 15.0 Å². The molecule has 0 bridgehead atoms. The third kappa shape index (κ3) is 5.47. The van der Waals surface area contributed by atoms with Crippen LogP contribution in [0.25, 0.3) is 0 Å². The van der Waals surface area contributed by atoms with Crippen molar-refractivity contribution >= 4 is 0 Å². The molecule has 0 saturated carbocycles. The van der Waals surface area contributed by atoms with Gasteiger partial charge in [0.05, 0.1) is 11.9 Å². The second-order valence-electron chi connectivity index (χ2n) is 4.81. The van der Waals surface area contributed by atoms with Crippen LogP contribution in [0.3, 0.4) is 0 Å². The third-order valence-corrected chi connectivity index (χ3v) is 3.55. The lowest BCUT2D eigenvalue weighted by atomic mass is 10.1. The van der Waals surface area contributed by atoms with Gasteiger partial charge in [0.1, 0.15) is 12.4 Å². The van der Waals surface area contributed by atoms with Crippen LogP contribution in [0, 0.1) is 0 Å². The average molecular weight is 279 g/mol. The van der Waals surface area contributed by atoms with Gasteiger partial charge in [0.15, 0.2) is 0 Å². The molecule has 1 atom stereocenters. The highest BCUT2D eigenvalue weighted by Crippen LogP contribution is 2.17. The molecule has 0 amide bonds. The number of pyridine rings is 1. The van der Waals surface area contributed by atoms with Crippen LogP contribution in [-0.2, 0) is 0 Å². The molecule has 0 saturated heterocycles. The summed E-state index contributed by atoms with van der Waals surface area (Å²) in [5.41, 5.74) is 1.09. The van der Waals surface area contributed by atoms with Crippen LogP contribution < -0.4 is 10.1 Å². The predicted octanol–water partition coefficient (Wildman–Crippen LogP) is 2.86. The fraction of sp³-hybridized carbons (Fsp3) is 0.688. The second kappa shape index (κ2) is 9.72. The molecule has 1 aromatic heterocycles. The summed E-state index contributed by atoms with van der Waals surface area (Å²) in [6.45, 7) is 13.4. The number of hydrogen-bond donors (Lipinski definition) is 1.